The van der Waals surface area contributed by atoms with Crippen molar-refractivity contribution in [2.75, 3.05) is 0 Å². The Labute approximate surface area is 61.2 Å². The van der Waals surface area contributed by atoms with Crippen molar-refractivity contribution in [1.82, 2.24) is 0 Å². The molecule has 0 spiro atoms. The maximum absolute atomic E-state index is 9.64. The Balaban J connectivity index is 2.72. The van der Waals surface area contributed by atoms with Crippen molar-refractivity contribution in [1.29, 1.82) is 0 Å². The standard InChI is InChI=1S/C8H14O2/c1-3-8(10)5-4-6(2)7(8)9/h4,7,9-10H,3,5H2,1-2H3. The number of aliphatic hydroxyl groups is 2. The molecule has 0 bridgehead atoms. The number of rotatable bonds is 1. The Bertz CT molecular complexity index is 163. The summed E-state index contributed by atoms with van der Waals surface area (Å²) in [5.41, 5.74) is 0.0220. The lowest BCUT2D eigenvalue weighted by atomic mass is 9.94. The van der Waals surface area contributed by atoms with Gasteiger partial charge in [-0.2, -0.15) is 0 Å². The Morgan fingerprint density at radius 3 is 2.60 bits per heavy atom. The first-order valence-corrected chi connectivity index (χ1v) is 3.67. The minimum absolute atomic E-state index is 0.594. The highest BCUT2D eigenvalue weighted by atomic mass is 16.3. The third kappa shape index (κ3) is 0.976. The smallest absolute Gasteiger partial charge is 0.104 e. The van der Waals surface area contributed by atoms with Gasteiger partial charge in [-0.1, -0.05) is 13.0 Å². The summed E-state index contributed by atoms with van der Waals surface area (Å²) in [4.78, 5) is 0. The molecule has 2 unspecified atom stereocenters. The van der Waals surface area contributed by atoms with Crippen molar-refractivity contribution in [3.8, 4) is 0 Å². The highest BCUT2D eigenvalue weighted by Gasteiger charge is 2.37. The summed E-state index contributed by atoms with van der Waals surface area (Å²) in [7, 11) is 0. The molecule has 0 aromatic heterocycles. The van der Waals surface area contributed by atoms with E-state index in [4.69, 9.17) is 0 Å². The van der Waals surface area contributed by atoms with Crippen LogP contribution in [0.2, 0.25) is 0 Å². The molecule has 0 radical (unpaired) electrons. The molecule has 0 heterocycles. The number of hydrogen-bond acceptors (Lipinski definition) is 2. The molecule has 0 saturated carbocycles. The van der Waals surface area contributed by atoms with Gasteiger partial charge < -0.3 is 10.2 Å². The van der Waals surface area contributed by atoms with Gasteiger partial charge in [0.25, 0.3) is 0 Å². The Morgan fingerprint density at radius 1 is 1.80 bits per heavy atom. The molecule has 2 heteroatoms. The zero-order valence-electron chi connectivity index (χ0n) is 6.46. The average molecular weight is 142 g/mol. The van der Waals surface area contributed by atoms with Gasteiger partial charge in [0.05, 0.1) is 5.60 Å². The van der Waals surface area contributed by atoms with Gasteiger partial charge in [0.1, 0.15) is 6.10 Å². The molecule has 0 aliphatic heterocycles. The van der Waals surface area contributed by atoms with Crippen LogP contribution < -0.4 is 0 Å². The van der Waals surface area contributed by atoms with Crippen molar-refractivity contribution in [2.45, 2.75) is 38.4 Å². The minimum atomic E-state index is -0.871. The fraction of sp³-hybridized carbons (Fsp3) is 0.750. The van der Waals surface area contributed by atoms with Crippen molar-refractivity contribution in [2.24, 2.45) is 0 Å². The molecule has 58 valence electrons. The zero-order valence-corrected chi connectivity index (χ0v) is 6.46. The normalized spacial score (nSPS) is 40.0. The first-order valence-electron chi connectivity index (χ1n) is 3.67. The third-order valence-electron chi connectivity index (χ3n) is 2.33. The second-order valence-corrected chi connectivity index (χ2v) is 3.01. The van der Waals surface area contributed by atoms with E-state index in [1.165, 1.54) is 0 Å². The Morgan fingerprint density at radius 2 is 2.40 bits per heavy atom. The largest absolute Gasteiger partial charge is 0.387 e. The molecule has 2 N–H and O–H groups in total. The van der Waals surface area contributed by atoms with Gasteiger partial charge in [0.15, 0.2) is 0 Å². The van der Waals surface area contributed by atoms with E-state index in [1.807, 2.05) is 19.9 Å². The van der Waals surface area contributed by atoms with Crippen molar-refractivity contribution in [3.05, 3.63) is 11.6 Å². The third-order valence-corrected chi connectivity index (χ3v) is 2.33. The van der Waals surface area contributed by atoms with Gasteiger partial charge in [-0.15, -0.1) is 0 Å². The van der Waals surface area contributed by atoms with E-state index in [9.17, 15) is 10.2 Å². The van der Waals surface area contributed by atoms with Crippen LogP contribution in [0.15, 0.2) is 11.6 Å². The van der Waals surface area contributed by atoms with Crippen molar-refractivity contribution >= 4 is 0 Å². The van der Waals surface area contributed by atoms with Crippen LogP contribution in [0.3, 0.4) is 0 Å². The van der Waals surface area contributed by atoms with Crippen LogP contribution in [0.4, 0.5) is 0 Å². The summed E-state index contributed by atoms with van der Waals surface area (Å²) >= 11 is 0. The number of aliphatic hydroxyl groups excluding tert-OH is 1. The molecule has 1 aliphatic rings. The van der Waals surface area contributed by atoms with Crippen LogP contribution >= 0.6 is 0 Å². The Kier molecular flexibility index (Phi) is 1.84. The van der Waals surface area contributed by atoms with E-state index in [0.29, 0.717) is 12.8 Å². The first kappa shape index (κ1) is 7.76. The molecule has 0 saturated heterocycles. The molecule has 1 aliphatic carbocycles. The molecule has 0 aromatic carbocycles. The minimum Gasteiger partial charge on any atom is -0.387 e. The predicted molar refractivity (Wildman–Crippen MR) is 39.6 cm³/mol. The van der Waals surface area contributed by atoms with Gasteiger partial charge in [0, 0.05) is 0 Å². The van der Waals surface area contributed by atoms with Crippen LogP contribution in [0.5, 0.6) is 0 Å². The lowest BCUT2D eigenvalue weighted by molar-refractivity contribution is -0.0470. The molecule has 0 aromatic rings. The second-order valence-electron chi connectivity index (χ2n) is 3.01. The summed E-state index contributed by atoms with van der Waals surface area (Å²) in [5, 5.41) is 19.0. The van der Waals surface area contributed by atoms with Gasteiger partial charge in [-0.05, 0) is 25.3 Å². The summed E-state index contributed by atoms with van der Waals surface area (Å²) in [5.74, 6) is 0. The van der Waals surface area contributed by atoms with Gasteiger partial charge >= 0.3 is 0 Å². The maximum Gasteiger partial charge on any atom is 0.104 e. The van der Waals surface area contributed by atoms with Crippen LogP contribution in [-0.4, -0.2) is 21.9 Å². The molecule has 0 amide bonds. The lowest BCUT2D eigenvalue weighted by Gasteiger charge is -2.25. The number of hydrogen-bond donors (Lipinski definition) is 2. The maximum atomic E-state index is 9.64. The quantitative estimate of drug-likeness (QED) is 0.532. The topological polar surface area (TPSA) is 40.5 Å². The van der Waals surface area contributed by atoms with E-state index in [-0.39, 0.29) is 0 Å². The fourth-order valence-electron chi connectivity index (χ4n) is 1.32. The van der Waals surface area contributed by atoms with Crippen molar-refractivity contribution < 1.29 is 10.2 Å². The summed E-state index contributed by atoms with van der Waals surface area (Å²) in [6.45, 7) is 3.73. The molecule has 1 rings (SSSR count). The first-order chi connectivity index (χ1) is 4.60. The fourth-order valence-corrected chi connectivity index (χ4v) is 1.32. The van der Waals surface area contributed by atoms with E-state index in [1.54, 1.807) is 0 Å². The molecule has 2 atom stereocenters. The highest BCUT2D eigenvalue weighted by molar-refractivity contribution is 5.20. The van der Waals surface area contributed by atoms with Gasteiger partial charge in [-0.25, -0.2) is 0 Å². The van der Waals surface area contributed by atoms with Crippen LogP contribution in [0, 0.1) is 0 Å². The monoisotopic (exact) mass is 142 g/mol. The van der Waals surface area contributed by atoms with Crippen LogP contribution in [0.25, 0.3) is 0 Å². The molecule has 2 nitrogen and oxygen atoms in total. The molecule has 10 heavy (non-hydrogen) atoms. The van der Waals surface area contributed by atoms with Crippen LogP contribution in [-0.2, 0) is 0 Å². The van der Waals surface area contributed by atoms with Crippen molar-refractivity contribution in [3.63, 3.8) is 0 Å². The zero-order chi connectivity index (χ0) is 7.78. The average Bonchev–Trinajstić information content (AvgIpc) is 2.19. The molecule has 0 fully saturated rings. The predicted octanol–water partition coefficient (Wildman–Crippen LogP) is 0.838. The SMILES string of the molecule is CCC1(O)CC=C(C)C1O. The van der Waals surface area contributed by atoms with E-state index in [2.05, 4.69) is 0 Å². The molecular weight excluding hydrogens is 128 g/mol. The van der Waals surface area contributed by atoms with Gasteiger partial charge in [0.2, 0.25) is 0 Å². The van der Waals surface area contributed by atoms with E-state index < -0.39 is 11.7 Å². The van der Waals surface area contributed by atoms with E-state index >= 15 is 0 Å². The second kappa shape index (κ2) is 2.36. The molecular formula is C8H14O2. The van der Waals surface area contributed by atoms with Crippen LogP contribution in [0.1, 0.15) is 26.7 Å². The summed E-state index contributed by atoms with van der Waals surface area (Å²) in [6.07, 6.45) is 2.46. The highest BCUT2D eigenvalue weighted by Crippen LogP contribution is 2.31. The van der Waals surface area contributed by atoms with E-state index in [0.717, 1.165) is 5.57 Å². The lowest BCUT2D eigenvalue weighted by Crippen LogP contribution is -2.38. The summed E-state index contributed by atoms with van der Waals surface area (Å²) < 4.78 is 0. The van der Waals surface area contributed by atoms with Gasteiger partial charge in [-0.3, -0.25) is 0 Å². The Hall–Kier alpha value is -0.340. The summed E-state index contributed by atoms with van der Waals surface area (Å²) in [6, 6.07) is 0.